The van der Waals surface area contributed by atoms with Gasteiger partial charge in [0, 0.05) is 6.42 Å². The Morgan fingerprint density at radius 2 is 2.00 bits per heavy atom. The van der Waals surface area contributed by atoms with Gasteiger partial charge in [-0.3, -0.25) is 0 Å². The molecule has 0 spiro atoms. The van der Waals surface area contributed by atoms with E-state index in [1.807, 2.05) is 0 Å². The number of carboxylic acid groups (broad SMARTS) is 1. The summed E-state index contributed by atoms with van der Waals surface area (Å²) in [5.41, 5.74) is 1.22. The van der Waals surface area contributed by atoms with Crippen molar-refractivity contribution in [2.45, 2.75) is 31.6 Å². The summed E-state index contributed by atoms with van der Waals surface area (Å²) in [6.07, 6.45) is 5.85. The molecule has 0 aliphatic carbocycles. The maximum Gasteiger partial charge on any atom is 0.335 e. The van der Waals surface area contributed by atoms with Gasteiger partial charge in [-0.25, -0.2) is 13.2 Å². The Morgan fingerprint density at radius 3 is 2.53 bits per heavy atom. The van der Waals surface area contributed by atoms with Gasteiger partial charge in [0.1, 0.15) is 0 Å². The van der Waals surface area contributed by atoms with E-state index in [1.165, 1.54) is 12.1 Å². The number of rotatable bonds is 5. The van der Waals surface area contributed by atoms with Crippen LogP contribution in [0.15, 0.2) is 17.0 Å². The fourth-order valence-electron chi connectivity index (χ4n) is 1.75. The predicted octanol–water partition coefficient (Wildman–Crippen LogP) is 2.19. The first-order valence-corrected chi connectivity index (χ1v) is 7.45. The molecule has 0 radical (unpaired) electrons. The number of hydrogen-bond donors (Lipinski definition) is 1. The first kappa shape index (κ1) is 15.3. The fraction of sp³-hybridized carbons (Fsp3) is 0.357. The Labute approximate surface area is 113 Å². The van der Waals surface area contributed by atoms with Gasteiger partial charge < -0.3 is 5.11 Å². The molecule has 1 aromatic carbocycles. The number of benzene rings is 1. The molecule has 0 unspecified atom stereocenters. The molecule has 0 aromatic heterocycles. The van der Waals surface area contributed by atoms with Gasteiger partial charge in [-0.1, -0.05) is 0 Å². The maximum absolute atomic E-state index is 12.2. The minimum absolute atomic E-state index is 0.0152. The van der Waals surface area contributed by atoms with Crippen LogP contribution in [0.25, 0.3) is 0 Å². The summed E-state index contributed by atoms with van der Waals surface area (Å²) in [6.45, 7) is 3.37. The van der Waals surface area contributed by atoms with Crippen molar-refractivity contribution in [3.05, 3.63) is 28.8 Å². The molecule has 4 nitrogen and oxygen atoms in total. The number of sulfone groups is 1. The molecule has 5 heteroatoms. The van der Waals surface area contributed by atoms with Crippen molar-refractivity contribution in [1.82, 2.24) is 0 Å². The van der Waals surface area contributed by atoms with E-state index in [1.54, 1.807) is 13.8 Å². The molecule has 0 bridgehead atoms. The van der Waals surface area contributed by atoms with Crippen LogP contribution in [0.5, 0.6) is 0 Å². The molecule has 0 amide bonds. The number of carboxylic acids is 1. The lowest BCUT2D eigenvalue weighted by atomic mass is 10.1. The molecule has 1 N–H and O–H groups in total. The first-order valence-electron chi connectivity index (χ1n) is 5.80. The van der Waals surface area contributed by atoms with Crippen molar-refractivity contribution >= 4 is 15.8 Å². The normalized spacial score (nSPS) is 11.0. The lowest BCUT2D eigenvalue weighted by Gasteiger charge is -2.11. The number of unbranched alkanes of at least 4 members (excludes halogenated alkanes) is 1. The van der Waals surface area contributed by atoms with Gasteiger partial charge in [0.25, 0.3) is 0 Å². The number of aryl methyl sites for hydroxylation is 1. The average molecular weight is 280 g/mol. The molecular weight excluding hydrogens is 264 g/mol. The van der Waals surface area contributed by atoms with Crippen molar-refractivity contribution in [3.8, 4) is 12.3 Å². The zero-order valence-electron chi connectivity index (χ0n) is 10.9. The zero-order chi connectivity index (χ0) is 14.6. The largest absolute Gasteiger partial charge is 0.478 e. The van der Waals surface area contributed by atoms with Gasteiger partial charge in [0.15, 0.2) is 9.84 Å². The fourth-order valence-corrected chi connectivity index (χ4v) is 3.43. The van der Waals surface area contributed by atoms with Gasteiger partial charge in [-0.15, -0.1) is 12.3 Å². The zero-order valence-corrected chi connectivity index (χ0v) is 11.8. The topological polar surface area (TPSA) is 71.4 Å². The minimum Gasteiger partial charge on any atom is -0.478 e. The number of terminal acetylenes is 1. The van der Waals surface area contributed by atoms with Gasteiger partial charge in [-0.05, 0) is 43.5 Å². The van der Waals surface area contributed by atoms with Crippen LogP contribution in [0.3, 0.4) is 0 Å². The summed E-state index contributed by atoms with van der Waals surface area (Å²) < 4.78 is 24.4. The molecule has 1 rings (SSSR count). The summed E-state index contributed by atoms with van der Waals surface area (Å²) in [5, 5.41) is 8.98. The van der Waals surface area contributed by atoms with Crippen LogP contribution in [0.4, 0.5) is 0 Å². The van der Waals surface area contributed by atoms with Gasteiger partial charge in [0.05, 0.1) is 16.2 Å². The summed E-state index contributed by atoms with van der Waals surface area (Å²) in [7, 11) is -3.50. The Morgan fingerprint density at radius 1 is 1.37 bits per heavy atom. The summed E-state index contributed by atoms with van der Waals surface area (Å²) >= 11 is 0. The predicted molar refractivity (Wildman–Crippen MR) is 73.0 cm³/mol. The van der Waals surface area contributed by atoms with Crippen LogP contribution in [-0.4, -0.2) is 25.2 Å². The Balaban J connectivity index is 3.26. The highest BCUT2D eigenvalue weighted by Crippen LogP contribution is 2.23. The maximum atomic E-state index is 12.2. The number of hydrogen-bond acceptors (Lipinski definition) is 3. The number of aromatic carboxylic acids is 1. The smallest absolute Gasteiger partial charge is 0.335 e. The highest BCUT2D eigenvalue weighted by atomic mass is 32.2. The molecule has 0 aliphatic heterocycles. The SMILES string of the molecule is C#CCCCS(=O)(=O)c1cc(C(=O)O)cc(C)c1C. The van der Waals surface area contributed by atoms with E-state index in [0.29, 0.717) is 24.0 Å². The molecule has 0 saturated heterocycles. The van der Waals surface area contributed by atoms with Gasteiger partial charge in [0.2, 0.25) is 0 Å². The van der Waals surface area contributed by atoms with Crippen molar-refractivity contribution in [2.24, 2.45) is 0 Å². The van der Waals surface area contributed by atoms with Crippen molar-refractivity contribution in [1.29, 1.82) is 0 Å². The molecule has 0 fully saturated rings. The second-order valence-electron chi connectivity index (χ2n) is 4.35. The molecular formula is C14H16O4S. The Hall–Kier alpha value is -1.80. The third kappa shape index (κ3) is 3.58. The summed E-state index contributed by atoms with van der Waals surface area (Å²) in [4.78, 5) is 11.1. The van der Waals surface area contributed by atoms with E-state index in [-0.39, 0.29) is 16.2 Å². The van der Waals surface area contributed by atoms with Crippen LogP contribution in [-0.2, 0) is 9.84 Å². The number of carbonyl (C=O) groups is 1. The standard InChI is InChI=1S/C14H16O4S/c1-4-5-6-7-19(17,18)13-9-12(14(15)16)8-10(2)11(13)3/h1,8-9H,5-7H2,2-3H3,(H,15,16). The second-order valence-corrected chi connectivity index (χ2v) is 6.43. The van der Waals surface area contributed by atoms with Crippen LogP contribution in [0.1, 0.15) is 34.3 Å². The van der Waals surface area contributed by atoms with Crippen molar-refractivity contribution in [2.75, 3.05) is 5.75 Å². The Bertz CT molecular complexity index is 636. The molecule has 0 heterocycles. The lowest BCUT2D eigenvalue weighted by molar-refractivity contribution is 0.0696. The summed E-state index contributed by atoms with van der Waals surface area (Å²) in [6, 6.07) is 2.69. The van der Waals surface area contributed by atoms with Crippen molar-refractivity contribution < 1.29 is 18.3 Å². The first-order chi connectivity index (χ1) is 8.79. The average Bonchev–Trinajstić information content (AvgIpc) is 2.32. The van der Waals surface area contributed by atoms with Gasteiger partial charge in [-0.2, -0.15) is 0 Å². The van der Waals surface area contributed by atoms with E-state index < -0.39 is 15.8 Å². The molecule has 102 valence electrons. The minimum atomic E-state index is -3.50. The van der Waals surface area contributed by atoms with E-state index in [4.69, 9.17) is 11.5 Å². The molecule has 1 aromatic rings. The lowest BCUT2D eigenvalue weighted by Crippen LogP contribution is -2.11. The van der Waals surface area contributed by atoms with E-state index in [2.05, 4.69) is 5.92 Å². The van der Waals surface area contributed by atoms with Crippen LogP contribution < -0.4 is 0 Å². The Kier molecular flexibility index (Phi) is 4.73. The summed E-state index contributed by atoms with van der Waals surface area (Å²) in [5.74, 6) is 1.18. The highest BCUT2D eigenvalue weighted by Gasteiger charge is 2.20. The van der Waals surface area contributed by atoms with Crippen molar-refractivity contribution in [3.63, 3.8) is 0 Å². The van der Waals surface area contributed by atoms with E-state index in [0.717, 1.165) is 0 Å². The van der Waals surface area contributed by atoms with Crippen LogP contribution >= 0.6 is 0 Å². The molecule has 0 saturated carbocycles. The van der Waals surface area contributed by atoms with Gasteiger partial charge >= 0.3 is 5.97 Å². The van der Waals surface area contributed by atoms with E-state index in [9.17, 15) is 13.2 Å². The molecule has 0 aliphatic rings. The highest BCUT2D eigenvalue weighted by molar-refractivity contribution is 7.91. The van der Waals surface area contributed by atoms with Crippen LogP contribution in [0.2, 0.25) is 0 Å². The third-order valence-corrected chi connectivity index (χ3v) is 4.86. The molecule has 0 atom stereocenters. The second kappa shape index (κ2) is 5.89. The third-order valence-electron chi connectivity index (χ3n) is 2.94. The van der Waals surface area contributed by atoms with Crippen LogP contribution in [0, 0.1) is 26.2 Å². The quantitative estimate of drug-likeness (QED) is 0.663. The molecule has 19 heavy (non-hydrogen) atoms. The monoisotopic (exact) mass is 280 g/mol. The van der Waals surface area contributed by atoms with E-state index >= 15 is 0 Å².